The molecule has 0 bridgehead atoms. The summed E-state index contributed by atoms with van der Waals surface area (Å²) in [5.41, 5.74) is 4.79. The summed E-state index contributed by atoms with van der Waals surface area (Å²) in [5, 5.41) is 9.05. The molecule has 1 aromatic rings. The molecule has 0 heterocycles. The predicted octanol–water partition coefficient (Wildman–Crippen LogP) is 2.43. The van der Waals surface area contributed by atoms with E-state index in [2.05, 4.69) is 0 Å². The van der Waals surface area contributed by atoms with E-state index in [9.17, 15) is 13.2 Å². The van der Waals surface area contributed by atoms with E-state index in [0.717, 1.165) is 6.07 Å². The molecular formula is C9H10F3NO. The number of benzene rings is 1. The van der Waals surface area contributed by atoms with Crippen LogP contribution in [-0.2, 0) is 6.18 Å². The van der Waals surface area contributed by atoms with E-state index in [1.165, 1.54) is 6.07 Å². The number of phenols is 1. The van der Waals surface area contributed by atoms with Crippen LogP contribution >= 0.6 is 0 Å². The van der Waals surface area contributed by atoms with Crippen molar-refractivity contribution in [3.05, 3.63) is 29.3 Å². The molecule has 1 atom stereocenters. The molecule has 1 aromatic carbocycles. The van der Waals surface area contributed by atoms with Gasteiger partial charge in [0.1, 0.15) is 5.75 Å². The van der Waals surface area contributed by atoms with Crippen LogP contribution in [0.25, 0.3) is 0 Å². The smallest absolute Gasteiger partial charge is 0.416 e. The Kier molecular flexibility index (Phi) is 2.71. The zero-order valence-electron chi connectivity index (χ0n) is 7.47. The molecule has 0 amide bonds. The van der Waals surface area contributed by atoms with Gasteiger partial charge in [-0.15, -0.1) is 0 Å². The predicted molar refractivity (Wildman–Crippen MR) is 45.7 cm³/mol. The first-order chi connectivity index (χ1) is 6.30. The third-order valence-corrected chi connectivity index (χ3v) is 1.79. The first-order valence-corrected chi connectivity index (χ1v) is 3.97. The fraction of sp³-hybridized carbons (Fsp3) is 0.333. The van der Waals surface area contributed by atoms with Crippen LogP contribution in [0.1, 0.15) is 24.1 Å². The van der Waals surface area contributed by atoms with Gasteiger partial charge in [0.15, 0.2) is 0 Å². The largest absolute Gasteiger partial charge is 0.508 e. The molecule has 0 aliphatic rings. The number of hydrogen-bond donors (Lipinski definition) is 2. The molecule has 2 nitrogen and oxygen atoms in total. The Morgan fingerprint density at radius 3 is 2.29 bits per heavy atom. The zero-order chi connectivity index (χ0) is 10.9. The summed E-state index contributed by atoms with van der Waals surface area (Å²) in [6, 6.07) is 2.29. The molecule has 5 heteroatoms. The zero-order valence-corrected chi connectivity index (χ0v) is 7.47. The van der Waals surface area contributed by atoms with E-state index in [4.69, 9.17) is 10.8 Å². The first kappa shape index (κ1) is 10.8. The fourth-order valence-electron chi connectivity index (χ4n) is 1.06. The van der Waals surface area contributed by atoms with Gasteiger partial charge in [0.2, 0.25) is 0 Å². The lowest BCUT2D eigenvalue weighted by atomic mass is 10.0. The normalized spacial score (nSPS) is 14.1. The van der Waals surface area contributed by atoms with Crippen molar-refractivity contribution in [1.29, 1.82) is 0 Å². The Hall–Kier alpha value is -1.23. The molecule has 0 aliphatic carbocycles. The second kappa shape index (κ2) is 3.49. The van der Waals surface area contributed by atoms with Crippen molar-refractivity contribution < 1.29 is 18.3 Å². The van der Waals surface area contributed by atoms with Gasteiger partial charge in [-0.1, -0.05) is 0 Å². The highest BCUT2D eigenvalue weighted by Gasteiger charge is 2.31. The van der Waals surface area contributed by atoms with Gasteiger partial charge >= 0.3 is 6.18 Å². The van der Waals surface area contributed by atoms with E-state index < -0.39 is 23.5 Å². The average Bonchev–Trinajstić information content (AvgIpc) is 2.01. The lowest BCUT2D eigenvalue weighted by molar-refractivity contribution is -0.137. The Morgan fingerprint density at radius 1 is 1.29 bits per heavy atom. The molecule has 0 radical (unpaired) electrons. The number of halogens is 3. The van der Waals surface area contributed by atoms with Crippen molar-refractivity contribution in [3.8, 4) is 5.75 Å². The Bertz CT molecular complexity index is 333. The summed E-state index contributed by atoms with van der Waals surface area (Å²) in [5.74, 6) is -0.424. The maximum Gasteiger partial charge on any atom is 0.416 e. The molecule has 0 unspecified atom stereocenters. The van der Waals surface area contributed by atoms with Gasteiger partial charge in [0.25, 0.3) is 0 Å². The van der Waals surface area contributed by atoms with Crippen molar-refractivity contribution in [2.24, 2.45) is 5.73 Å². The average molecular weight is 205 g/mol. The molecular weight excluding hydrogens is 195 g/mol. The van der Waals surface area contributed by atoms with Gasteiger partial charge in [-0.05, 0) is 30.7 Å². The molecule has 0 aliphatic heterocycles. The molecule has 0 saturated carbocycles. The van der Waals surface area contributed by atoms with Crippen LogP contribution in [0.2, 0.25) is 0 Å². The second-order valence-electron chi connectivity index (χ2n) is 3.10. The number of alkyl halides is 3. The molecule has 0 aromatic heterocycles. The van der Waals surface area contributed by atoms with E-state index in [0.29, 0.717) is 6.07 Å². The van der Waals surface area contributed by atoms with Crippen molar-refractivity contribution in [2.45, 2.75) is 19.1 Å². The van der Waals surface area contributed by atoms with E-state index in [1.807, 2.05) is 0 Å². The van der Waals surface area contributed by atoms with Gasteiger partial charge in [-0.3, -0.25) is 0 Å². The summed E-state index contributed by atoms with van der Waals surface area (Å²) < 4.78 is 36.8. The summed E-state index contributed by atoms with van der Waals surface area (Å²) in [6.45, 7) is 1.55. The van der Waals surface area contributed by atoms with E-state index in [-0.39, 0.29) is 5.56 Å². The number of aromatic hydroxyl groups is 1. The number of phenolic OH excluding ortho intramolecular Hbond substituents is 1. The fourth-order valence-corrected chi connectivity index (χ4v) is 1.06. The quantitative estimate of drug-likeness (QED) is 0.739. The summed E-state index contributed by atoms with van der Waals surface area (Å²) in [6.07, 6.45) is -4.46. The van der Waals surface area contributed by atoms with E-state index >= 15 is 0 Å². The van der Waals surface area contributed by atoms with Crippen LogP contribution in [0.5, 0.6) is 5.75 Å². The third kappa shape index (κ3) is 2.38. The lowest BCUT2D eigenvalue weighted by Crippen LogP contribution is -2.09. The Labute approximate surface area is 79.2 Å². The highest BCUT2D eigenvalue weighted by molar-refractivity contribution is 5.36. The van der Waals surface area contributed by atoms with Gasteiger partial charge in [-0.25, -0.2) is 0 Å². The van der Waals surface area contributed by atoms with Gasteiger partial charge in [-0.2, -0.15) is 13.2 Å². The summed E-state index contributed by atoms with van der Waals surface area (Å²) in [4.78, 5) is 0. The number of hydrogen-bond acceptors (Lipinski definition) is 2. The minimum atomic E-state index is -4.46. The summed E-state index contributed by atoms with van der Waals surface area (Å²) in [7, 11) is 0. The minimum absolute atomic E-state index is 0.261. The van der Waals surface area contributed by atoms with Crippen molar-refractivity contribution in [2.75, 3.05) is 0 Å². The van der Waals surface area contributed by atoms with Gasteiger partial charge in [0.05, 0.1) is 5.56 Å². The van der Waals surface area contributed by atoms with Crippen molar-refractivity contribution >= 4 is 0 Å². The Balaban J connectivity index is 3.21. The number of nitrogens with two attached hydrogens (primary N) is 1. The summed E-state index contributed by atoms with van der Waals surface area (Å²) >= 11 is 0. The van der Waals surface area contributed by atoms with Crippen molar-refractivity contribution in [3.63, 3.8) is 0 Å². The first-order valence-electron chi connectivity index (χ1n) is 3.97. The maximum atomic E-state index is 12.3. The van der Waals surface area contributed by atoms with Crippen LogP contribution in [0, 0.1) is 0 Å². The molecule has 3 N–H and O–H groups in total. The Morgan fingerprint density at radius 2 is 1.86 bits per heavy atom. The molecule has 1 rings (SSSR count). The molecule has 0 spiro atoms. The standard InChI is InChI=1S/C9H10F3NO/c1-5(13)6-2-7(9(10,11)12)4-8(14)3-6/h2-5,14H,13H2,1H3/t5-/m1/s1. The highest BCUT2D eigenvalue weighted by Crippen LogP contribution is 2.33. The molecule has 78 valence electrons. The van der Waals surface area contributed by atoms with Crippen LogP contribution in [0.3, 0.4) is 0 Å². The molecule has 0 saturated heterocycles. The van der Waals surface area contributed by atoms with Crippen LogP contribution in [0.4, 0.5) is 13.2 Å². The lowest BCUT2D eigenvalue weighted by Gasteiger charge is -2.11. The number of rotatable bonds is 1. The monoisotopic (exact) mass is 205 g/mol. The second-order valence-corrected chi connectivity index (χ2v) is 3.10. The van der Waals surface area contributed by atoms with Gasteiger partial charge in [0, 0.05) is 6.04 Å². The SMILES string of the molecule is C[C@@H](N)c1cc(O)cc(C(F)(F)F)c1. The molecule has 14 heavy (non-hydrogen) atoms. The van der Waals surface area contributed by atoms with Crippen LogP contribution < -0.4 is 5.73 Å². The third-order valence-electron chi connectivity index (χ3n) is 1.79. The van der Waals surface area contributed by atoms with Crippen molar-refractivity contribution in [1.82, 2.24) is 0 Å². The topological polar surface area (TPSA) is 46.2 Å². The molecule has 0 fully saturated rings. The van der Waals surface area contributed by atoms with Crippen LogP contribution in [0.15, 0.2) is 18.2 Å². The highest BCUT2D eigenvalue weighted by atomic mass is 19.4. The minimum Gasteiger partial charge on any atom is -0.508 e. The van der Waals surface area contributed by atoms with E-state index in [1.54, 1.807) is 6.92 Å². The maximum absolute atomic E-state index is 12.3. The van der Waals surface area contributed by atoms with Crippen LogP contribution in [-0.4, -0.2) is 5.11 Å². The van der Waals surface area contributed by atoms with Gasteiger partial charge < -0.3 is 10.8 Å².